The Morgan fingerprint density at radius 2 is 0.719 bits per heavy atom. The van der Waals surface area contributed by atoms with Crippen LogP contribution in [0.15, 0.2) is 170 Å². The van der Waals surface area contributed by atoms with E-state index in [1.807, 2.05) is 0 Å². The van der Waals surface area contributed by atoms with Gasteiger partial charge in [-0.1, -0.05) is 122 Å². The lowest BCUT2D eigenvalue weighted by atomic mass is 9.83. The molecular formula is C83H85N6+3. The molecular weight excluding hydrogens is 1080 g/mol. The van der Waals surface area contributed by atoms with Crippen molar-refractivity contribution >= 4 is 32.7 Å². The monoisotopic (exact) mass is 1170 g/mol. The van der Waals surface area contributed by atoms with E-state index in [2.05, 4.69) is 309 Å². The number of benzene rings is 6. The molecule has 3 aliphatic rings. The number of aryl methyl sites for hydroxylation is 10. The van der Waals surface area contributed by atoms with E-state index in [9.17, 15) is 0 Å². The van der Waals surface area contributed by atoms with Gasteiger partial charge in [0.25, 0.3) is 0 Å². The number of fused-ring (bicyclic) bond motifs is 12. The fourth-order valence-corrected chi connectivity index (χ4v) is 15.1. The molecule has 0 bridgehead atoms. The SMILES string of the molecule is Cc1ccc2c(n1)C(C)(C)c1cc(-c3ccc4c(C)cccc4[n+]3C)c(C)cc1-2.Cc1ccc2c(n1)C(C)(C)c1cc(-c3ccc4ccc(CC(C)C)cc4[n+]3C)c(C)cc1-2.Cc1ccc2c(n1)C(C)(C)c1cc(-c3ccc4ccccc4[n+]3C)c(C)cc1-2. The van der Waals surface area contributed by atoms with Gasteiger partial charge in [0.05, 0.1) is 17.1 Å². The average molecular weight is 1170 g/mol. The Morgan fingerprint density at radius 1 is 0.337 bits per heavy atom. The lowest BCUT2D eigenvalue weighted by Gasteiger charge is -2.21. The molecule has 0 spiro atoms. The van der Waals surface area contributed by atoms with E-state index >= 15 is 0 Å². The zero-order valence-corrected chi connectivity index (χ0v) is 55.6. The molecule has 0 radical (unpaired) electrons. The first-order valence-electron chi connectivity index (χ1n) is 31.9. The Morgan fingerprint density at radius 3 is 1.17 bits per heavy atom. The summed E-state index contributed by atoms with van der Waals surface area (Å²) in [6, 6.07) is 62.9. The molecule has 0 fully saturated rings. The average Bonchev–Trinajstić information content (AvgIpc) is 1.63. The molecule has 0 unspecified atom stereocenters. The fraction of sp³-hybridized carbons (Fsp3) is 0.277. The Hall–Kier alpha value is -9.00. The van der Waals surface area contributed by atoms with E-state index < -0.39 is 0 Å². The molecule has 6 nitrogen and oxygen atoms in total. The van der Waals surface area contributed by atoms with Crippen LogP contribution in [-0.2, 0) is 43.8 Å². The highest BCUT2D eigenvalue weighted by Gasteiger charge is 2.41. The summed E-state index contributed by atoms with van der Waals surface area (Å²) in [4.78, 5) is 14.8. The minimum atomic E-state index is -0.0982. The van der Waals surface area contributed by atoms with Crippen LogP contribution < -0.4 is 13.7 Å². The highest BCUT2D eigenvalue weighted by molar-refractivity contribution is 5.88. The maximum absolute atomic E-state index is 4.94. The summed E-state index contributed by atoms with van der Waals surface area (Å²) in [7, 11) is 6.54. The van der Waals surface area contributed by atoms with Gasteiger partial charge >= 0.3 is 0 Å². The molecule has 3 aliphatic carbocycles. The van der Waals surface area contributed by atoms with Crippen LogP contribution >= 0.6 is 0 Å². The summed E-state index contributed by atoms with van der Waals surface area (Å²) >= 11 is 0. The summed E-state index contributed by atoms with van der Waals surface area (Å²) in [6.07, 6.45) is 1.11. The number of pyridine rings is 6. The van der Waals surface area contributed by atoms with Crippen LogP contribution in [0, 0.1) is 54.4 Å². The fourth-order valence-electron chi connectivity index (χ4n) is 15.1. The van der Waals surface area contributed by atoms with Gasteiger partial charge in [-0.2, -0.15) is 13.7 Å². The van der Waals surface area contributed by atoms with Gasteiger partial charge in [-0.3, -0.25) is 15.0 Å². The van der Waals surface area contributed by atoms with Crippen molar-refractivity contribution in [2.45, 2.75) is 127 Å². The number of para-hydroxylation sites is 1. The van der Waals surface area contributed by atoms with Crippen LogP contribution in [0.25, 0.3) is 99.9 Å². The molecule has 6 aromatic heterocycles. The lowest BCUT2D eigenvalue weighted by Crippen LogP contribution is -2.32. The van der Waals surface area contributed by atoms with Crippen molar-refractivity contribution < 1.29 is 13.7 Å². The summed E-state index contributed by atoms with van der Waals surface area (Å²) in [5.41, 5.74) is 36.6. The summed E-state index contributed by atoms with van der Waals surface area (Å²) in [6.45, 7) is 33.5. The lowest BCUT2D eigenvalue weighted by molar-refractivity contribution is -0.633. The first-order valence-corrected chi connectivity index (χ1v) is 31.9. The molecule has 0 saturated carbocycles. The third-order valence-electron chi connectivity index (χ3n) is 20.1. The summed E-state index contributed by atoms with van der Waals surface area (Å²) in [5, 5.41) is 3.86. The number of aromatic nitrogens is 6. The van der Waals surface area contributed by atoms with Crippen molar-refractivity contribution in [3.8, 4) is 67.2 Å². The van der Waals surface area contributed by atoms with E-state index in [-0.39, 0.29) is 16.2 Å². The molecule has 6 heteroatoms. The van der Waals surface area contributed by atoms with Crippen molar-refractivity contribution in [3.63, 3.8) is 0 Å². The van der Waals surface area contributed by atoms with Gasteiger partial charge in [-0.05, 0) is 189 Å². The second kappa shape index (κ2) is 21.6. The van der Waals surface area contributed by atoms with Crippen LogP contribution in [0.4, 0.5) is 0 Å². The first kappa shape index (κ1) is 59.0. The Labute approximate surface area is 527 Å². The smallest absolute Gasteiger partial charge is 0.213 e. The Kier molecular flexibility index (Phi) is 14.3. The van der Waals surface area contributed by atoms with Crippen molar-refractivity contribution in [3.05, 3.63) is 249 Å². The molecule has 12 aromatic rings. The van der Waals surface area contributed by atoms with E-state index in [1.54, 1.807) is 0 Å². The van der Waals surface area contributed by atoms with Crippen molar-refractivity contribution in [1.82, 2.24) is 15.0 Å². The number of hydrogen-bond acceptors (Lipinski definition) is 3. The summed E-state index contributed by atoms with van der Waals surface area (Å²) in [5.74, 6) is 0.654. The van der Waals surface area contributed by atoms with E-state index in [1.165, 1.54) is 161 Å². The molecule has 0 amide bonds. The second-order valence-electron chi connectivity index (χ2n) is 27.9. The van der Waals surface area contributed by atoms with E-state index in [4.69, 9.17) is 15.0 Å². The molecule has 0 N–H and O–H groups in total. The maximum atomic E-state index is 4.94. The molecule has 6 aromatic carbocycles. The molecule has 0 aliphatic heterocycles. The molecule has 0 atom stereocenters. The van der Waals surface area contributed by atoms with Gasteiger partial charge in [-0.15, -0.1) is 0 Å². The van der Waals surface area contributed by atoms with E-state index in [0.717, 1.165) is 23.5 Å². The normalized spacial score (nSPS) is 14.1. The van der Waals surface area contributed by atoms with Gasteiger partial charge in [0.1, 0.15) is 21.1 Å². The molecule has 6 heterocycles. The van der Waals surface area contributed by atoms with E-state index in [0.29, 0.717) is 5.92 Å². The molecule has 444 valence electrons. The number of rotatable bonds is 5. The third-order valence-corrected chi connectivity index (χ3v) is 20.1. The Bertz CT molecular complexity index is 4940. The number of hydrogen-bond donors (Lipinski definition) is 0. The highest BCUT2D eigenvalue weighted by Crippen LogP contribution is 2.52. The zero-order chi connectivity index (χ0) is 62.9. The van der Waals surface area contributed by atoms with Gasteiger partial charge in [-0.25, -0.2) is 0 Å². The largest absolute Gasteiger partial charge is 0.257 e. The van der Waals surface area contributed by atoms with Crippen molar-refractivity contribution in [2.75, 3.05) is 0 Å². The third kappa shape index (κ3) is 9.77. The quantitative estimate of drug-likeness (QED) is 0.161. The minimum Gasteiger partial charge on any atom is -0.257 e. The van der Waals surface area contributed by atoms with Crippen LogP contribution in [-0.4, -0.2) is 15.0 Å². The Balaban J connectivity index is 0.000000123. The van der Waals surface area contributed by atoms with Crippen molar-refractivity contribution in [2.24, 2.45) is 27.1 Å². The second-order valence-corrected chi connectivity index (χ2v) is 27.9. The predicted octanol–water partition coefficient (Wildman–Crippen LogP) is 18.5. The maximum Gasteiger partial charge on any atom is 0.213 e. The van der Waals surface area contributed by atoms with Crippen molar-refractivity contribution in [1.29, 1.82) is 0 Å². The highest BCUT2D eigenvalue weighted by atomic mass is 15.0. The predicted molar refractivity (Wildman–Crippen MR) is 369 cm³/mol. The van der Waals surface area contributed by atoms with Crippen LogP contribution in [0.1, 0.15) is 134 Å². The van der Waals surface area contributed by atoms with Gasteiger partial charge < -0.3 is 0 Å². The molecule has 15 rings (SSSR count). The summed E-state index contributed by atoms with van der Waals surface area (Å²) < 4.78 is 7.00. The topological polar surface area (TPSA) is 50.3 Å². The van der Waals surface area contributed by atoms with Gasteiger partial charge in [0, 0.05) is 119 Å². The zero-order valence-electron chi connectivity index (χ0n) is 55.6. The number of nitrogens with zero attached hydrogens (tertiary/aromatic N) is 6. The minimum absolute atomic E-state index is 0.0887. The van der Waals surface area contributed by atoms with Gasteiger partial charge in [0.15, 0.2) is 0 Å². The standard InChI is InChI=1S/C30H33N2.C27H27N2.C26H25N2/c1-18(2)14-21-9-10-22-11-13-27(32(7)28(22)16-21)24-17-26-25(15-19(24)3)23-12-8-20(4)31-29(23)30(26,5)6;1-16-8-7-9-24-19(16)12-13-25(29(24)6)21-15-23-22(14-17(21)2)20-11-10-18(3)28-26(20)27(23,4)5;1-16-14-21-19-12-10-17(2)27-25(19)26(3,4)22(21)15-20(16)24-13-11-18-8-6-7-9-23(18)28(24)5/h8-13,15-18H,14H2,1-7H3;7-15H,1-6H3;6-15H,1-5H3/q3*+1. The van der Waals surface area contributed by atoms with Crippen LogP contribution in [0.3, 0.4) is 0 Å². The first-order chi connectivity index (χ1) is 42.3. The van der Waals surface area contributed by atoms with Crippen LogP contribution in [0.5, 0.6) is 0 Å². The molecule has 89 heavy (non-hydrogen) atoms. The van der Waals surface area contributed by atoms with Gasteiger partial charge in [0.2, 0.25) is 33.6 Å². The molecule has 0 saturated heterocycles. The van der Waals surface area contributed by atoms with Crippen LogP contribution in [0.2, 0.25) is 0 Å².